The molecule has 2 aliphatic carbocycles. The Bertz CT molecular complexity index is 2510. The van der Waals surface area contributed by atoms with Crippen LogP contribution in [0.1, 0.15) is 96.4 Å². The van der Waals surface area contributed by atoms with E-state index >= 15 is 0 Å². The number of nitrogens with zero attached hydrogens (tertiary/aromatic N) is 4. The molecule has 4 fully saturated rings. The van der Waals surface area contributed by atoms with Gasteiger partial charge >= 0.3 is 12.2 Å². The topological polar surface area (TPSA) is 175 Å². The SMILES string of the molecule is COC(=O)N[C@H](C(=O)N1CC2(CC2)CC1c1ncc(-c2ccc(-c3ccc(-c4ccc5nc(C6CC7CC[C@@H](C7)N6C(=O)[C@@H](NC(=O)OC)C(C)C)[nH]c5c4)cc3)cc2)[nH]1)C(C)C. The molecule has 2 bridgehead atoms. The molecular formula is C49H58N8O6. The molecule has 2 aromatic heterocycles. The van der Waals surface area contributed by atoms with Crippen LogP contribution in [0, 0.1) is 23.2 Å². The van der Waals surface area contributed by atoms with E-state index in [1.165, 1.54) is 14.2 Å². The molecule has 4 aliphatic rings. The number of piperidine rings is 1. The highest BCUT2D eigenvalue weighted by molar-refractivity contribution is 5.88. The van der Waals surface area contributed by atoms with Gasteiger partial charge in [-0.3, -0.25) is 9.59 Å². The maximum atomic E-state index is 14.2. The van der Waals surface area contributed by atoms with E-state index in [2.05, 4.69) is 81.3 Å². The number of benzene rings is 3. The molecule has 2 saturated heterocycles. The zero-order valence-electron chi connectivity index (χ0n) is 36.9. The number of hydrogen-bond acceptors (Lipinski definition) is 8. The molecule has 9 rings (SSSR count). The van der Waals surface area contributed by atoms with Crippen LogP contribution in [0.4, 0.5) is 9.59 Å². The highest BCUT2D eigenvalue weighted by Crippen LogP contribution is 2.58. The Balaban J connectivity index is 0.892. The number of methoxy groups -OCH3 is 2. The van der Waals surface area contributed by atoms with Gasteiger partial charge in [0.25, 0.3) is 0 Å². The number of aromatic amines is 2. The first-order valence-corrected chi connectivity index (χ1v) is 22.4. The second-order valence-corrected chi connectivity index (χ2v) is 18.9. The molecule has 63 heavy (non-hydrogen) atoms. The fourth-order valence-electron chi connectivity index (χ4n) is 10.3. The van der Waals surface area contributed by atoms with E-state index in [-0.39, 0.29) is 47.2 Å². The number of aromatic nitrogens is 4. The molecule has 14 nitrogen and oxygen atoms in total. The fraction of sp³-hybridized carbons (Fsp3) is 0.469. The molecule has 2 saturated carbocycles. The van der Waals surface area contributed by atoms with Gasteiger partial charge in [-0.15, -0.1) is 0 Å². The van der Waals surface area contributed by atoms with E-state index in [9.17, 15) is 19.2 Å². The van der Waals surface area contributed by atoms with E-state index in [1.807, 2.05) is 49.8 Å². The molecule has 14 heteroatoms. The van der Waals surface area contributed by atoms with Crippen LogP contribution >= 0.6 is 0 Å². The number of amides is 4. The molecule has 4 N–H and O–H groups in total. The number of carbonyl (C=O) groups is 4. The quantitative estimate of drug-likeness (QED) is 0.102. The number of fused-ring (bicyclic) bond motifs is 3. The summed E-state index contributed by atoms with van der Waals surface area (Å²) in [5, 5.41) is 5.54. The van der Waals surface area contributed by atoms with E-state index < -0.39 is 24.3 Å². The summed E-state index contributed by atoms with van der Waals surface area (Å²) in [5.41, 5.74) is 8.08. The van der Waals surface area contributed by atoms with Crippen molar-refractivity contribution in [2.24, 2.45) is 23.2 Å². The zero-order valence-corrected chi connectivity index (χ0v) is 36.9. The molecule has 0 radical (unpaired) electrons. The Morgan fingerprint density at radius 2 is 1.30 bits per heavy atom. The Hall–Kier alpha value is -6.18. The number of likely N-dealkylation sites (tertiary alicyclic amines) is 2. The van der Waals surface area contributed by atoms with Crippen LogP contribution in [0.2, 0.25) is 0 Å². The molecule has 1 spiro atoms. The maximum absolute atomic E-state index is 14.2. The Morgan fingerprint density at radius 1 is 0.714 bits per heavy atom. The zero-order chi connectivity index (χ0) is 44.2. The third kappa shape index (κ3) is 8.27. The van der Waals surface area contributed by atoms with Gasteiger partial charge < -0.3 is 39.9 Å². The van der Waals surface area contributed by atoms with Crippen molar-refractivity contribution < 1.29 is 28.7 Å². The van der Waals surface area contributed by atoms with Crippen molar-refractivity contribution in [3.63, 3.8) is 0 Å². The van der Waals surface area contributed by atoms with Crippen molar-refractivity contribution >= 4 is 35.0 Å². The highest BCUT2D eigenvalue weighted by Gasteiger charge is 2.55. The van der Waals surface area contributed by atoms with Crippen molar-refractivity contribution in [1.82, 2.24) is 40.4 Å². The van der Waals surface area contributed by atoms with Crippen LogP contribution in [-0.2, 0) is 19.1 Å². The van der Waals surface area contributed by atoms with Gasteiger partial charge in [0.15, 0.2) is 0 Å². The lowest BCUT2D eigenvalue weighted by Crippen LogP contribution is -2.55. The van der Waals surface area contributed by atoms with E-state index in [0.29, 0.717) is 12.5 Å². The first kappa shape index (κ1) is 42.1. The number of hydrogen-bond donors (Lipinski definition) is 4. The van der Waals surface area contributed by atoms with Crippen LogP contribution in [-0.4, -0.2) is 92.6 Å². The number of nitrogens with one attached hydrogen (secondary N) is 4. The Morgan fingerprint density at radius 3 is 1.90 bits per heavy atom. The van der Waals surface area contributed by atoms with Gasteiger partial charge in [0.05, 0.1) is 49.2 Å². The van der Waals surface area contributed by atoms with Crippen LogP contribution in [0.15, 0.2) is 72.9 Å². The summed E-state index contributed by atoms with van der Waals surface area (Å²) in [4.78, 5) is 73.2. The number of alkyl carbamates (subject to hydrolysis) is 2. The molecule has 2 aliphatic heterocycles. The summed E-state index contributed by atoms with van der Waals surface area (Å²) >= 11 is 0. The van der Waals surface area contributed by atoms with Crippen molar-refractivity contribution in [1.29, 1.82) is 0 Å². The fourth-order valence-corrected chi connectivity index (χ4v) is 10.3. The first-order chi connectivity index (χ1) is 30.3. The van der Waals surface area contributed by atoms with Gasteiger partial charge in [0.1, 0.15) is 23.7 Å². The number of ether oxygens (including phenoxy) is 2. The van der Waals surface area contributed by atoms with Crippen molar-refractivity contribution in [3.05, 3.63) is 84.6 Å². The second kappa shape index (κ2) is 16.8. The predicted octanol–water partition coefficient (Wildman–Crippen LogP) is 8.54. The standard InChI is InChI=1S/C49H58N8O6/c1-27(2)41(54-47(60)62-5)45(58)56-26-49(19-20-49)24-40(56)43-50-25-38(53-43)33-14-12-31(13-15-33)30-8-10-32(11-9-30)34-16-18-36-37(23-34)52-44(51-36)39-22-29-7-17-35(21-29)57(39)46(59)42(28(3)4)55-48(61)63-6/h8-16,18,23,25,27-29,35,39-42H,7,17,19-22,24,26H2,1-6H3,(H,50,53)(H,51,52)(H,54,60)(H,55,61)/t29?,35-,39?,40?,41-,42-/m0/s1. The van der Waals surface area contributed by atoms with Crippen molar-refractivity contribution in [2.75, 3.05) is 20.8 Å². The number of carbonyl (C=O) groups excluding carboxylic acids is 4. The van der Waals surface area contributed by atoms with E-state index in [4.69, 9.17) is 19.4 Å². The van der Waals surface area contributed by atoms with E-state index in [0.717, 1.165) is 101 Å². The number of imidazole rings is 2. The summed E-state index contributed by atoms with van der Waals surface area (Å²) < 4.78 is 9.68. The molecule has 3 aromatic carbocycles. The normalized spacial score (nSPS) is 22.1. The summed E-state index contributed by atoms with van der Waals surface area (Å²) in [6, 6.07) is 21.5. The Kier molecular flexibility index (Phi) is 11.3. The molecule has 330 valence electrons. The third-order valence-corrected chi connectivity index (χ3v) is 14.1. The predicted molar refractivity (Wildman–Crippen MR) is 239 cm³/mol. The summed E-state index contributed by atoms with van der Waals surface area (Å²) in [5.74, 6) is 1.68. The lowest BCUT2D eigenvalue weighted by atomic mass is 9.90. The smallest absolute Gasteiger partial charge is 0.407 e. The minimum atomic E-state index is -0.690. The van der Waals surface area contributed by atoms with Crippen LogP contribution in [0.25, 0.3) is 44.5 Å². The average Bonchev–Trinajstić information content (AvgIpc) is 3.70. The van der Waals surface area contributed by atoms with Gasteiger partial charge in [-0.1, -0.05) is 82.3 Å². The van der Waals surface area contributed by atoms with Crippen LogP contribution in [0.5, 0.6) is 0 Å². The van der Waals surface area contributed by atoms with Crippen LogP contribution < -0.4 is 10.6 Å². The van der Waals surface area contributed by atoms with Gasteiger partial charge in [0.2, 0.25) is 11.8 Å². The molecule has 4 amide bonds. The molecule has 6 atom stereocenters. The van der Waals surface area contributed by atoms with Gasteiger partial charge in [0, 0.05) is 12.6 Å². The number of H-pyrrole nitrogens is 2. The largest absolute Gasteiger partial charge is 0.453 e. The number of rotatable bonds is 11. The molecule has 3 unspecified atom stereocenters. The summed E-state index contributed by atoms with van der Waals surface area (Å²) in [6.07, 6.45) is 7.50. The molecular weight excluding hydrogens is 797 g/mol. The van der Waals surface area contributed by atoms with Crippen molar-refractivity contribution in [2.45, 2.75) is 103 Å². The average molecular weight is 855 g/mol. The second-order valence-electron chi connectivity index (χ2n) is 18.9. The minimum Gasteiger partial charge on any atom is -0.453 e. The molecule has 5 aromatic rings. The summed E-state index contributed by atoms with van der Waals surface area (Å²) in [7, 11) is 2.62. The monoisotopic (exact) mass is 854 g/mol. The third-order valence-electron chi connectivity index (χ3n) is 14.1. The van der Waals surface area contributed by atoms with Crippen molar-refractivity contribution in [3.8, 4) is 33.5 Å². The lowest BCUT2D eigenvalue weighted by Gasteiger charge is -2.42. The van der Waals surface area contributed by atoms with E-state index in [1.54, 1.807) is 0 Å². The summed E-state index contributed by atoms with van der Waals surface area (Å²) in [6.45, 7) is 8.39. The maximum Gasteiger partial charge on any atom is 0.407 e. The Labute approximate surface area is 367 Å². The lowest BCUT2D eigenvalue weighted by molar-refractivity contribution is -0.141. The molecule has 4 heterocycles. The van der Waals surface area contributed by atoms with Gasteiger partial charge in [-0.05, 0) is 108 Å². The van der Waals surface area contributed by atoms with Crippen LogP contribution in [0.3, 0.4) is 0 Å². The minimum absolute atomic E-state index is 0.0860. The van der Waals surface area contributed by atoms with Gasteiger partial charge in [-0.2, -0.15) is 0 Å². The van der Waals surface area contributed by atoms with Gasteiger partial charge in [-0.25, -0.2) is 19.6 Å². The highest BCUT2D eigenvalue weighted by atomic mass is 16.5. The first-order valence-electron chi connectivity index (χ1n) is 22.4.